The first kappa shape index (κ1) is 9.23. The van der Waals surface area contributed by atoms with Crippen LogP contribution in [0, 0.1) is 0 Å². The Kier molecular flexibility index (Phi) is 1.73. The van der Waals surface area contributed by atoms with E-state index >= 15 is 0 Å². The fraction of sp³-hybridized carbons (Fsp3) is 0. The average molecular weight is 235 g/mol. The molecule has 0 aliphatic heterocycles. The van der Waals surface area contributed by atoms with Gasteiger partial charge in [-0.15, -0.1) is 0 Å². The zero-order valence-electron chi connectivity index (χ0n) is 8.07. The van der Waals surface area contributed by atoms with Crippen LogP contribution in [0.5, 0.6) is 0 Å². The minimum atomic E-state index is -0.308. The quantitative estimate of drug-likeness (QED) is 0.575. The van der Waals surface area contributed by atoms with Crippen molar-refractivity contribution in [1.82, 2.24) is 14.6 Å². The van der Waals surface area contributed by atoms with E-state index in [1.807, 2.05) is 0 Å². The number of nitrogen functional groups attached to an aromatic ring is 1. The normalized spacial score (nSPS) is 11.3. The number of nitrogens with one attached hydrogen (secondary N) is 1. The molecule has 3 aromatic rings. The number of halogens is 1. The van der Waals surface area contributed by atoms with Crippen molar-refractivity contribution < 1.29 is 0 Å². The molecule has 3 rings (SSSR count). The van der Waals surface area contributed by atoms with Crippen molar-refractivity contribution >= 4 is 33.5 Å². The number of benzene rings is 1. The second-order valence-corrected chi connectivity index (χ2v) is 3.93. The Hall–Kier alpha value is -2.01. The highest BCUT2D eigenvalue weighted by Gasteiger charge is 2.09. The maximum Gasteiger partial charge on any atom is 0.295 e. The number of rotatable bonds is 0. The average Bonchev–Trinajstić information content (AvgIpc) is 2.62. The maximum atomic E-state index is 11.7. The molecule has 0 saturated carbocycles. The Morgan fingerprint density at radius 1 is 1.44 bits per heavy atom. The molecule has 6 heteroatoms. The van der Waals surface area contributed by atoms with Crippen molar-refractivity contribution in [1.29, 1.82) is 0 Å². The molecule has 5 nitrogen and oxygen atoms in total. The van der Waals surface area contributed by atoms with Crippen LogP contribution in [-0.2, 0) is 0 Å². The molecule has 0 fully saturated rings. The largest absolute Gasteiger partial charge is 0.349 e. The summed E-state index contributed by atoms with van der Waals surface area (Å²) in [4.78, 5) is 18.8. The molecule has 2 heterocycles. The lowest BCUT2D eigenvalue weighted by Crippen LogP contribution is -2.27. The van der Waals surface area contributed by atoms with E-state index < -0.39 is 0 Å². The van der Waals surface area contributed by atoms with Gasteiger partial charge < -0.3 is 10.8 Å². The molecule has 80 valence electrons. The molecule has 0 aliphatic carbocycles. The van der Waals surface area contributed by atoms with E-state index in [-0.39, 0.29) is 5.56 Å². The van der Waals surface area contributed by atoms with Gasteiger partial charge in [0.25, 0.3) is 5.56 Å². The van der Waals surface area contributed by atoms with Crippen LogP contribution in [0.3, 0.4) is 0 Å². The Bertz CT molecular complexity index is 758. The fourth-order valence-corrected chi connectivity index (χ4v) is 1.91. The van der Waals surface area contributed by atoms with Crippen molar-refractivity contribution in [2.75, 3.05) is 5.84 Å². The molecule has 0 aliphatic rings. The SMILES string of the molecule is Nn1cnc2c([nH]c3ccc(Cl)cc32)c1=O. The third-order valence-electron chi connectivity index (χ3n) is 2.49. The van der Waals surface area contributed by atoms with Crippen LogP contribution in [-0.4, -0.2) is 14.6 Å². The van der Waals surface area contributed by atoms with Gasteiger partial charge in [-0.25, -0.2) is 9.66 Å². The van der Waals surface area contributed by atoms with E-state index in [2.05, 4.69) is 9.97 Å². The van der Waals surface area contributed by atoms with Crippen molar-refractivity contribution in [2.45, 2.75) is 0 Å². The van der Waals surface area contributed by atoms with Gasteiger partial charge in [0.05, 0.1) is 0 Å². The zero-order chi connectivity index (χ0) is 11.3. The highest BCUT2D eigenvalue weighted by atomic mass is 35.5. The Balaban J connectivity index is 2.61. The monoisotopic (exact) mass is 234 g/mol. The second kappa shape index (κ2) is 2.99. The summed E-state index contributed by atoms with van der Waals surface area (Å²) in [6.07, 6.45) is 1.29. The van der Waals surface area contributed by atoms with Gasteiger partial charge in [-0.05, 0) is 18.2 Å². The molecule has 0 spiro atoms. The third kappa shape index (κ3) is 1.12. The molecule has 1 aromatic carbocycles. The number of hydrogen-bond acceptors (Lipinski definition) is 3. The molecule has 0 saturated heterocycles. The van der Waals surface area contributed by atoms with Gasteiger partial charge in [-0.3, -0.25) is 4.79 Å². The van der Waals surface area contributed by atoms with E-state index in [1.165, 1.54) is 6.33 Å². The predicted molar refractivity (Wildman–Crippen MR) is 63.0 cm³/mol. The Morgan fingerprint density at radius 3 is 3.06 bits per heavy atom. The van der Waals surface area contributed by atoms with Gasteiger partial charge in [0, 0.05) is 15.9 Å². The summed E-state index contributed by atoms with van der Waals surface area (Å²) >= 11 is 5.90. The first-order chi connectivity index (χ1) is 7.66. The predicted octanol–water partition coefficient (Wildman–Crippen LogP) is 1.24. The summed E-state index contributed by atoms with van der Waals surface area (Å²) < 4.78 is 0.944. The highest BCUT2D eigenvalue weighted by Crippen LogP contribution is 2.24. The molecular formula is C10H7ClN4O. The van der Waals surface area contributed by atoms with Crippen molar-refractivity contribution in [3.63, 3.8) is 0 Å². The smallest absolute Gasteiger partial charge is 0.295 e. The van der Waals surface area contributed by atoms with Gasteiger partial charge in [0.2, 0.25) is 0 Å². The minimum absolute atomic E-state index is 0.308. The molecule has 0 radical (unpaired) electrons. The van der Waals surface area contributed by atoms with Crippen molar-refractivity contribution in [3.05, 3.63) is 39.9 Å². The second-order valence-electron chi connectivity index (χ2n) is 3.50. The lowest BCUT2D eigenvalue weighted by molar-refractivity contribution is 0.911. The topological polar surface area (TPSA) is 76.7 Å². The number of H-pyrrole nitrogens is 1. The summed E-state index contributed by atoms with van der Waals surface area (Å²) in [5, 5.41) is 1.42. The zero-order valence-corrected chi connectivity index (χ0v) is 8.82. The van der Waals surface area contributed by atoms with Gasteiger partial charge in [-0.1, -0.05) is 11.6 Å². The molecule has 2 aromatic heterocycles. The van der Waals surface area contributed by atoms with Crippen LogP contribution in [0.4, 0.5) is 0 Å². The molecule has 16 heavy (non-hydrogen) atoms. The van der Waals surface area contributed by atoms with Gasteiger partial charge >= 0.3 is 0 Å². The van der Waals surface area contributed by atoms with Crippen molar-refractivity contribution in [2.24, 2.45) is 0 Å². The van der Waals surface area contributed by atoms with Gasteiger partial charge in [0.15, 0.2) is 0 Å². The lowest BCUT2D eigenvalue weighted by atomic mass is 10.2. The molecule has 3 N–H and O–H groups in total. The van der Waals surface area contributed by atoms with Gasteiger partial charge in [-0.2, -0.15) is 0 Å². The molecule has 0 amide bonds. The van der Waals surface area contributed by atoms with Crippen LogP contribution in [0.15, 0.2) is 29.3 Å². The van der Waals surface area contributed by atoms with E-state index in [9.17, 15) is 4.79 Å². The number of nitrogens with two attached hydrogens (primary N) is 1. The summed E-state index contributed by atoms with van der Waals surface area (Å²) in [6.45, 7) is 0. The highest BCUT2D eigenvalue weighted by molar-refractivity contribution is 6.31. The maximum absolute atomic E-state index is 11.7. The summed E-state index contributed by atoms with van der Waals surface area (Å²) in [5.41, 5.74) is 1.49. The fourth-order valence-electron chi connectivity index (χ4n) is 1.74. The number of hydrogen-bond donors (Lipinski definition) is 2. The number of nitrogens with zero attached hydrogens (tertiary/aromatic N) is 2. The van der Waals surface area contributed by atoms with E-state index in [0.29, 0.717) is 16.1 Å². The van der Waals surface area contributed by atoms with E-state index in [4.69, 9.17) is 17.4 Å². The van der Waals surface area contributed by atoms with Crippen LogP contribution in [0.25, 0.3) is 21.9 Å². The Labute approximate surface area is 94.4 Å². The first-order valence-electron chi connectivity index (χ1n) is 4.60. The summed E-state index contributed by atoms with van der Waals surface area (Å²) in [7, 11) is 0. The third-order valence-corrected chi connectivity index (χ3v) is 2.73. The first-order valence-corrected chi connectivity index (χ1v) is 4.98. The van der Waals surface area contributed by atoms with E-state index in [0.717, 1.165) is 15.6 Å². The number of aromatic amines is 1. The lowest BCUT2D eigenvalue weighted by Gasteiger charge is -1.94. The standard InChI is InChI=1S/C10H7ClN4O/c11-5-1-2-7-6(3-5)8-9(14-7)10(16)15(12)4-13-8/h1-4,14H,12H2. The molecule has 0 unspecified atom stereocenters. The summed E-state index contributed by atoms with van der Waals surface area (Å²) in [6, 6.07) is 5.32. The number of aromatic nitrogens is 3. The van der Waals surface area contributed by atoms with Gasteiger partial charge in [0.1, 0.15) is 17.4 Å². The minimum Gasteiger partial charge on any atom is -0.349 e. The Morgan fingerprint density at radius 2 is 2.25 bits per heavy atom. The van der Waals surface area contributed by atoms with Crippen LogP contribution in [0.1, 0.15) is 0 Å². The number of fused-ring (bicyclic) bond motifs is 3. The van der Waals surface area contributed by atoms with E-state index in [1.54, 1.807) is 18.2 Å². The van der Waals surface area contributed by atoms with Crippen molar-refractivity contribution in [3.8, 4) is 0 Å². The van der Waals surface area contributed by atoms with Crippen LogP contribution < -0.4 is 11.4 Å². The molecular weight excluding hydrogens is 228 g/mol. The molecule has 0 atom stereocenters. The van der Waals surface area contributed by atoms with Crippen LogP contribution in [0.2, 0.25) is 5.02 Å². The molecule has 0 bridgehead atoms. The summed E-state index contributed by atoms with van der Waals surface area (Å²) in [5.74, 6) is 5.43. The van der Waals surface area contributed by atoms with Crippen LogP contribution >= 0.6 is 11.6 Å².